The van der Waals surface area contributed by atoms with Gasteiger partial charge in [-0.25, -0.2) is 4.39 Å². The van der Waals surface area contributed by atoms with Crippen molar-refractivity contribution in [3.63, 3.8) is 0 Å². The van der Waals surface area contributed by atoms with E-state index >= 15 is 0 Å². The molecule has 146 valence electrons. The Morgan fingerprint density at radius 3 is 2.46 bits per heavy atom. The molecule has 2 aromatic rings. The van der Waals surface area contributed by atoms with Gasteiger partial charge in [-0.1, -0.05) is 36.8 Å². The van der Waals surface area contributed by atoms with Crippen molar-refractivity contribution in [2.75, 3.05) is 24.5 Å². The lowest BCUT2D eigenvalue weighted by atomic mass is 9.94. The van der Waals surface area contributed by atoms with Gasteiger partial charge in [0.2, 0.25) is 11.8 Å². The van der Waals surface area contributed by atoms with Gasteiger partial charge < -0.3 is 9.80 Å². The summed E-state index contributed by atoms with van der Waals surface area (Å²) in [5.41, 5.74) is 1.93. The highest BCUT2D eigenvalue weighted by Gasteiger charge is 2.38. The van der Waals surface area contributed by atoms with Crippen molar-refractivity contribution >= 4 is 17.5 Å². The van der Waals surface area contributed by atoms with Gasteiger partial charge in [0.15, 0.2) is 0 Å². The molecule has 2 aliphatic heterocycles. The number of amides is 2. The lowest BCUT2D eigenvalue weighted by molar-refractivity contribution is -0.135. The van der Waals surface area contributed by atoms with Crippen molar-refractivity contribution in [1.29, 1.82) is 0 Å². The number of anilines is 1. The molecule has 0 bridgehead atoms. The van der Waals surface area contributed by atoms with Crippen molar-refractivity contribution in [2.45, 2.75) is 31.6 Å². The zero-order valence-electron chi connectivity index (χ0n) is 15.9. The zero-order valence-corrected chi connectivity index (χ0v) is 15.9. The van der Waals surface area contributed by atoms with Gasteiger partial charge in [0, 0.05) is 37.7 Å². The summed E-state index contributed by atoms with van der Waals surface area (Å²) in [6.07, 6.45) is 3.28. The number of carbonyl (C=O) groups is 2. The molecule has 2 aromatic carbocycles. The number of nitrogens with zero attached hydrogens (tertiary/aromatic N) is 2. The van der Waals surface area contributed by atoms with E-state index in [2.05, 4.69) is 0 Å². The fourth-order valence-electron chi connectivity index (χ4n) is 4.34. The summed E-state index contributed by atoms with van der Waals surface area (Å²) >= 11 is 0. The first-order valence-electron chi connectivity index (χ1n) is 10.0. The van der Waals surface area contributed by atoms with Gasteiger partial charge >= 0.3 is 0 Å². The van der Waals surface area contributed by atoms with E-state index < -0.39 is 0 Å². The first-order chi connectivity index (χ1) is 13.6. The maximum Gasteiger partial charge on any atom is 0.228 e. The normalized spacial score (nSPS) is 23.0. The van der Waals surface area contributed by atoms with Crippen LogP contribution in [0.2, 0.25) is 0 Å². The Morgan fingerprint density at radius 2 is 1.71 bits per heavy atom. The van der Waals surface area contributed by atoms with Gasteiger partial charge in [-0.05, 0) is 42.7 Å². The van der Waals surface area contributed by atoms with Crippen LogP contribution >= 0.6 is 0 Å². The number of para-hydroxylation sites is 1. The Kier molecular flexibility index (Phi) is 5.42. The molecule has 2 unspecified atom stereocenters. The smallest absolute Gasteiger partial charge is 0.228 e. The van der Waals surface area contributed by atoms with E-state index in [0.717, 1.165) is 37.1 Å². The third-order valence-electron chi connectivity index (χ3n) is 5.87. The number of benzene rings is 2. The van der Waals surface area contributed by atoms with E-state index in [1.807, 2.05) is 47.4 Å². The van der Waals surface area contributed by atoms with E-state index in [9.17, 15) is 14.0 Å². The van der Waals surface area contributed by atoms with E-state index in [0.29, 0.717) is 13.1 Å². The molecule has 28 heavy (non-hydrogen) atoms. The molecule has 4 nitrogen and oxygen atoms in total. The first kappa shape index (κ1) is 18.7. The van der Waals surface area contributed by atoms with Crippen LogP contribution in [0.25, 0.3) is 0 Å². The SMILES string of the molecule is O=C(C1CC(=O)N(c2ccccc2)C1)N1CCCCC(c2ccc(F)cc2)C1. The van der Waals surface area contributed by atoms with Gasteiger partial charge in [-0.3, -0.25) is 9.59 Å². The fraction of sp³-hybridized carbons (Fsp3) is 0.391. The maximum atomic E-state index is 13.3. The second-order valence-corrected chi connectivity index (χ2v) is 7.77. The van der Waals surface area contributed by atoms with Crippen molar-refractivity contribution in [3.8, 4) is 0 Å². The molecule has 2 heterocycles. The van der Waals surface area contributed by atoms with Crippen LogP contribution in [0.3, 0.4) is 0 Å². The average molecular weight is 380 g/mol. The fourth-order valence-corrected chi connectivity index (χ4v) is 4.34. The Labute approximate surface area is 164 Å². The van der Waals surface area contributed by atoms with Crippen molar-refractivity contribution in [3.05, 3.63) is 66.0 Å². The highest BCUT2D eigenvalue weighted by molar-refractivity contribution is 6.00. The van der Waals surface area contributed by atoms with Gasteiger partial charge in [0.1, 0.15) is 5.82 Å². The average Bonchev–Trinajstić information content (AvgIpc) is 2.95. The summed E-state index contributed by atoms with van der Waals surface area (Å²) in [5, 5.41) is 0. The Bertz CT molecular complexity index is 837. The summed E-state index contributed by atoms with van der Waals surface area (Å²) in [6, 6.07) is 16.1. The van der Waals surface area contributed by atoms with E-state index in [4.69, 9.17) is 0 Å². The van der Waals surface area contributed by atoms with Crippen molar-refractivity contribution in [2.24, 2.45) is 5.92 Å². The van der Waals surface area contributed by atoms with Crippen LogP contribution in [0, 0.1) is 11.7 Å². The molecule has 0 aliphatic carbocycles. The molecule has 2 atom stereocenters. The molecule has 2 amide bonds. The van der Waals surface area contributed by atoms with Crippen LogP contribution in [-0.2, 0) is 9.59 Å². The number of carbonyl (C=O) groups excluding carboxylic acids is 2. The number of likely N-dealkylation sites (tertiary alicyclic amines) is 1. The minimum atomic E-state index is -0.292. The second-order valence-electron chi connectivity index (χ2n) is 7.77. The minimum Gasteiger partial charge on any atom is -0.342 e. The molecular formula is C23H25FN2O2. The lowest BCUT2D eigenvalue weighted by Crippen LogP contribution is -2.39. The monoisotopic (exact) mass is 380 g/mol. The largest absolute Gasteiger partial charge is 0.342 e. The van der Waals surface area contributed by atoms with Gasteiger partial charge in [-0.2, -0.15) is 0 Å². The molecular weight excluding hydrogens is 355 g/mol. The third-order valence-corrected chi connectivity index (χ3v) is 5.87. The number of halogens is 1. The summed E-state index contributed by atoms with van der Waals surface area (Å²) in [5.74, 6) is -0.236. The maximum absolute atomic E-state index is 13.3. The minimum absolute atomic E-state index is 0.00876. The molecule has 0 saturated carbocycles. The molecule has 0 radical (unpaired) electrons. The van der Waals surface area contributed by atoms with Crippen LogP contribution in [0.4, 0.5) is 10.1 Å². The van der Waals surface area contributed by atoms with Crippen LogP contribution in [0.1, 0.15) is 37.2 Å². The molecule has 2 aliphatic rings. The standard InChI is InChI=1S/C23H25FN2O2/c24-20-11-9-17(10-12-20)18-6-4-5-13-25(15-18)23(28)19-14-22(27)26(16-19)21-7-2-1-3-8-21/h1-3,7-12,18-19H,4-6,13-16H2. The van der Waals surface area contributed by atoms with Gasteiger partial charge in [0.05, 0.1) is 5.92 Å². The number of hydrogen-bond acceptors (Lipinski definition) is 2. The van der Waals surface area contributed by atoms with Crippen LogP contribution < -0.4 is 4.90 Å². The van der Waals surface area contributed by atoms with Gasteiger partial charge in [0.25, 0.3) is 0 Å². The molecule has 5 heteroatoms. The highest BCUT2D eigenvalue weighted by atomic mass is 19.1. The number of rotatable bonds is 3. The Morgan fingerprint density at radius 1 is 0.964 bits per heavy atom. The van der Waals surface area contributed by atoms with Gasteiger partial charge in [-0.15, -0.1) is 0 Å². The zero-order chi connectivity index (χ0) is 19.5. The molecule has 2 fully saturated rings. The molecule has 0 N–H and O–H groups in total. The summed E-state index contributed by atoms with van der Waals surface area (Å²) < 4.78 is 13.3. The second kappa shape index (κ2) is 8.13. The van der Waals surface area contributed by atoms with E-state index in [-0.39, 0.29) is 35.9 Å². The highest BCUT2D eigenvalue weighted by Crippen LogP contribution is 2.30. The predicted octanol–water partition coefficient (Wildman–Crippen LogP) is 3.97. The van der Waals surface area contributed by atoms with Crippen LogP contribution in [-0.4, -0.2) is 36.3 Å². The molecule has 0 aromatic heterocycles. The summed E-state index contributed by atoms with van der Waals surface area (Å²) in [4.78, 5) is 29.3. The number of hydrogen-bond donors (Lipinski definition) is 0. The summed E-state index contributed by atoms with van der Waals surface area (Å²) in [7, 11) is 0. The van der Waals surface area contributed by atoms with Crippen LogP contribution in [0.5, 0.6) is 0 Å². The quantitative estimate of drug-likeness (QED) is 0.808. The Balaban J connectivity index is 1.46. The third kappa shape index (κ3) is 3.93. The van der Waals surface area contributed by atoms with Crippen LogP contribution in [0.15, 0.2) is 54.6 Å². The van der Waals surface area contributed by atoms with Crippen molar-refractivity contribution in [1.82, 2.24) is 4.90 Å². The topological polar surface area (TPSA) is 40.6 Å². The first-order valence-corrected chi connectivity index (χ1v) is 10.0. The summed E-state index contributed by atoms with van der Waals surface area (Å²) in [6.45, 7) is 1.81. The lowest BCUT2D eigenvalue weighted by Gasteiger charge is -2.27. The molecule has 0 spiro atoms. The van der Waals surface area contributed by atoms with Crippen molar-refractivity contribution < 1.29 is 14.0 Å². The molecule has 2 saturated heterocycles. The predicted molar refractivity (Wildman–Crippen MR) is 106 cm³/mol. The molecule has 4 rings (SSSR count). The Hall–Kier alpha value is -2.69. The van der Waals surface area contributed by atoms with E-state index in [1.54, 1.807) is 4.90 Å². The van der Waals surface area contributed by atoms with E-state index in [1.165, 1.54) is 12.1 Å².